The minimum Gasteiger partial charge on any atom is -0.327 e. The molecule has 0 atom stereocenters. The van der Waals surface area contributed by atoms with Crippen molar-refractivity contribution in [3.8, 4) is 0 Å². The molecule has 1 aliphatic heterocycles. The van der Waals surface area contributed by atoms with Gasteiger partial charge in [-0.25, -0.2) is 0 Å². The van der Waals surface area contributed by atoms with Gasteiger partial charge < -0.3 is 10.3 Å². The van der Waals surface area contributed by atoms with E-state index in [-0.39, 0.29) is 0 Å². The summed E-state index contributed by atoms with van der Waals surface area (Å²) in [6.07, 6.45) is 0. The van der Waals surface area contributed by atoms with Crippen LogP contribution < -0.4 is 10.3 Å². The first-order valence-electron chi connectivity index (χ1n) is 4.89. The third-order valence-corrected chi connectivity index (χ3v) is 2.42. The molecular formula is C11H15N3. The van der Waals surface area contributed by atoms with Crippen molar-refractivity contribution in [1.29, 1.82) is 0 Å². The van der Waals surface area contributed by atoms with Crippen LogP contribution in [0.2, 0.25) is 0 Å². The molecular weight excluding hydrogens is 174 g/mol. The van der Waals surface area contributed by atoms with Crippen molar-refractivity contribution in [1.82, 2.24) is 5.43 Å². The van der Waals surface area contributed by atoms with E-state index in [1.54, 1.807) is 0 Å². The van der Waals surface area contributed by atoms with Crippen LogP contribution in [0.1, 0.15) is 12.5 Å². The Morgan fingerprint density at radius 1 is 1.21 bits per heavy atom. The Balaban J connectivity index is 2.26. The minimum absolute atomic E-state index is 0.908. The number of hydrazone groups is 1. The zero-order chi connectivity index (χ0) is 9.97. The van der Waals surface area contributed by atoms with Crippen LogP contribution in [0.3, 0.4) is 0 Å². The van der Waals surface area contributed by atoms with Gasteiger partial charge in [-0.2, -0.15) is 5.10 Å². The Kier molecular flexibility index (Phi) is 2.39. The van der Waals surface area contributed by atoms with E-state index in [9.17, 15) is 0 Å². The van der Waals surface area contributed by atoms with Gasteiger partial charge in [0.2, 0.25) is 0 Å². The predicted molar refractivity (Wildman–Crippen MR) is 59.6 cm³/mol. The Hall–Kier alpha value is -1.51. The molecule has 1 heterocycles. The van der Waals surface area contributed by atoms with Crippen molar-refractivity contribution >= 4 is 11.5 Å². The molecule has 0 saturated heterocycles. The van der Waals surface area contributed by atoms with Crippen LogP contribution in [-0.2, 0) is 0 Å². The fraction of sp³-hybridized carbons (Fsp3) is 0.364. The molecule has 1 aliphatic rings. The fourth-order valence-corrected chi connectivity index (χ4v) is 1.59. The first-order valence-corrected chi connectivity index (χ1v) is 4.89. The maximum absolute atomic E-state index is 4.20. The quantitative estimate of drug-likeness (QED) is 0.728. The van der Waals surface area contributed by atoms with Crippen molar-refractivity contribution < 1.29 is 0 Å². The highest BCUT2D eigenvalue weighted by molar-refractivity contribution is 5.96. The summed E-state index contributed by atoms with van der Waals surface area (Å²) in [7, 11) is 0. The van der Waals surface area contributed by atoms with E-state index >= 15 is 0 Å². The summed E-state index contributed by atoms with van der Waals surface area (Å²) >= 11 is 0. The Labute approximate surface area is 84.4 Å². The highest BCUT2D eigenvalue weighted by Gasteiger charge is 2.12. The summed E-state index contributed by atoms with van der Waals surface area (Å²) in [5.41, 5.74) is 5.50. The molecule has 0 aliphatic carbocycles. The molecule has 14 heavy (non-hydrogen) atoms. The van der Waals surface area contributed by atoms with E-state index < -0.39 is 0 Å². The molecule has 0 unspecified atom stereocenters. The molecule has 2 rings (SSSR count). The summed E-state index contributed by atoms with van der Waals surface area (Å²) in [6, 6.07) is 8.54. The van der Waals surface area contributed by atoms with Gasteiger partial charge in [0.05, 0.1) is 6.54 Å². The van der Waals surface area contributed by atoms with E-state index in [4.69, 9.17) is 0 Å². The van der Waals surface area contributed by atoms with E-state index in [0.717, 1.165) is 18.9 Å². The molecule has 3 nitrogen and oxygen atoms in total. The van der Waals surface area contributed by atoms with Crippen molar-refractivity contribution in [3.05, 3.63) is 29.8 Å². The second-order valence-corrected chi connectivity index (χ2v) is 3.55. The predicted octanol–water partition coefficient (Wildman–Crippen LogP) is 1.74. The van der Waals surface area contributed by atoms with Crippen LogP contribution in [0.15, 0.2) is 29.4 Å². The number of anilines is 1. The number of hydrogen-bond acceptors (Lipinski definition) is 3. The van der Waals surface area contributed by atoms with Gasteiger partial charge >= 0.3 is 0 Å². The van der Waals surface area contributed by atoms with E-state index in [1.807, 2.05) is 6.92 Å². The lowest BCUT2D eigenvalue weighted by Crippen LogP contribution is -2.40. The van der Waals surface area contributed by atoms with E-state index in [0.29, 0.717) is 0 Å². The highest BCUT2D eigenvalue weighted by Crippen LogP contribution is 2.16. The van der Waals surface area contributed by atoms with Crippen molar-refractivity contribution in [3.63, 3.8) is 0 Å². The lowest BCUT2D eigenvalue weighted by molar-refractivity contribution is 0.696. The fourth-order valence-electron chi connectivity index (χ4n) is 1.59. The van der Waals surface area contributed by atoms with Crippen LogP contribution in [0.5, 0.6) is 0 Å². The zero-order valence-corrected chi connectivity index (χ0v) is 8.62. The standard InChI is InChI=1S/C11H15N3/c1-9-3-5-11(6-4-9)14-8-7-12-13-10(14)2/h3-6,12H,7-8H2,1-2H3. The molecule has 0 aromatic heterocycles. The SMILES string of the molecule is CC1=NNCCN1c1ccc(C)cc1. The summed E-state index contributed by atoms with van der Waals surface area (Å²) in [5.74, 6) is 1.03. The monoisotopic (exact) mass is 189 g/mol. The smallest absolute Gasteiger partial charge is 0.126 e. The molecule has 1 N–H and O–H groups in total. The maximum atomic E-state index is 4.20. The molecule has 74 valence electrons. The van der Waals surface area contributed by atoms with Crippen molar-refractivity contribution in [2.24, 2.45) is 5.10 Å². The molecule has 0 saturated carbocycles. The average Bonchev–Trinajstić information content (AvgIpc) is 2.20. The lowest BCUT2D eigenvalue weighted by atomic mass is 10.2. The second-order valence-electron chi connectivity index (χ2n) is 3.55. The Morgan fingerprint density at radius 2 is 1.93 bits per heavy atom. The molecule has 1 aromatic carbocycles. The summed E-state index contributed by atoms with van der Waals surface area (Å²) < 4.78 is 0. The van der Waals surface area contributed by atoms with Crippen molar-refractivity contribution in [2.45, 2.75) is 13.8 Å². The largest absolute Gasteiger partial charge is 0.327 e. The third-order valence-electron chi connectivity index (χ3n) is 2.42. The lowest BCUT2D eigenvalue weighted by Gasteiger charge is -2.27. The topological polar surface area (TPSA) is 27.6 Å². The summed E-state index contributed by atoms with van der Waals surface area (Å²) in [6.45, 7) is 6.01. The third kappa shape index (κ3) is 1.71. The number of nitrogens with one attached hydrogen (secondary N) is 1. The number of hydrogen-bond donors (Lipinski definition) is 1. The van der Waals surface area contributed by atoms with Gasteiger partial charge in [0, 0.05) is 12.2 Å². The molecule has 0 fully saturated rings. The average molecular weight is 189 g/mol. The molecule has 0 bridgehead atoms. The molecule has 0 spiro atoms. The first kappa shape index (κ1) is 9.06. The van der Waals surface area contributed by atoms with E-state index in [2.05, 4.69) is 46.6 Å². The summed E-state index contributed by atoms with van der Waals surface area (Å²) in [4.78, 5) is 2.22. The molecule has 1 aromatic rings. The van der Waals surface area contributed by atoms with Crippen LogP contribution in [-0.4, -0.2) is 18.9 Å². The first-order chi connectivity index (χ1) is 6.77. The summed E-state index contributed by atoms with van der Waals surface area (Å²) in [5, 5.41) is 4.20. The van der Waals surface area contributed by atoms with Gasteiger partial charge in [-0.3, -0.25) is 0 Å². The number of aryl methyl sites for hydroxylation is 1. The van der Waals surface area contributed by atoms with Crippen LogP contribution >= 0.6 is 0 Å². The second kappa shape index (κ2) is 3.70. The van der Waals surface area contributed by atoms with Gasteiger partial charge in [0.1, 0.15) is 5.84 Å². The van der Waals surface area contributed by atoms with Crippen LogP contribution in [0.25, 0.3) is 0 Å². The van der Waals surface area contributed by atoms with Gasteiger partial charge in [0.25, 0.3) is 0 Å². The molecule has 3 heteroatoms. The number of amidine groups is 1. The van der Waals surface area contributed by atoms with Crippen LogP contribution in [0, 0.1) is 6.92 Å². The van der Waals surface area contributed by atoms with Crippen LogP contribution in [0.4, 0.5) is 5.69 Å². The highest BCUT2D eigenvalue weighted by atomic mass is 15.4. The normalized spacial score (nSPS) is 16.1. The van der Waals surface area contributed by atoms with Gasteiger partial charge in [0.15, 0.2) is 0 Å². The Morgan fingerprint density at radius 3 is 2.57 bits per heavy atom. The maximum Gasteiger partial charge on any atom is 0.126 e. The van der Waals surface area contributed by atoms with Gasteiger partial charge in [-0.15, -0.1) is 0 Å². The number of rotatable bonds is 1. The Bertz CT molecular complexity index is 340. The molecule has 0 radical (unpaired) electrons. The zero-order valence-electron chi connectivity index (χ0n) is 8.62. The van der Waals surface area contributed by atoms with Gasteiger partial charge in [-0.1, -0.05) is 17.7 Å². The molecule has 0 amide bonds. The number of nitrogens with zero attached hydrogens (tertiary/aromatic N) is 2. The van der Waals surface area contributed by atoms with Crippen molar-refractivity contribution in [2.75, 3.05) is 18.0 Å². The van der Waals surface area contributed by atoms with E-state index in [1.165, 1.54) is 11.3 Å². The van der Waals surface area contributed by atoms with Gasteiger partial charge in [-0.05, 0) is 26.0 Å². The minimum atomic E-state index is 0.908. The number of benzene rings is 1.